The highest BCUT2D eigenvalue weighted by atomic mass is 35.5. The van der Waals surface area contributed by atoms with Crippen molar-refractivity contribution in [3.63, 3.8) is 0 Å². The molecule has 1 amide bonds. The van der Waals surface area contributed by atoms with Gasteiger partial charge in [-0.1, -0.05) is 11.6 Å². The molecule has 0 bridgehead atoms. The summed E-state index contributed by atoms with van der Waals surface area (Å²) in [5.41, 5.74) is -0.542. The Balaban J connectivity index is 0.00000196. The number of hydrogen-bond donors (Lipinski definition) is 2. The molecule has 1 aromatic rings. The van der Waals surface area contributed by atoms with E-state index in [0.717, 1.165) is 51.3 Å². The van der Waals surface area contributed by atoms with Crippen molar-refractivity contribution in [1.29, 1.82) is 0 Å². The molecule has 0 atom stereocenters. The molecule has 160 valence electrons. The molecule has 2 saturated heterocycles. The minimum atomic E-state index is -4.48. The molecule has 0 unspecified atom stereocenters. The first-order valence-corrected chi connectivity index (χ1v) is 9.12. The molecule has 0 aromatic carbocycles. The van der Waals surface area contributed by atoms with Crippen LogP contribution in [-0.2, 0) is 11.0 Å². The molecule has 11 heteroatoms. The Bertz CT molecular complexity index is 660. The number of amides is 1. The highest BCUT2D eigenvalue weighted by Gasteiger charge is 2.37. The number of rotatable bonds is 4. The Morgan fingerprint density at radius 2 is 1.96 bits per heavy atom. The summed E-state index contributed by atoms with van der Waals surface area (Å²) < 4.78 is 37.8. The van der Waals surface area contributed by atoms with Gasteiger partial charge in [0, 0.05) is 38.8 Å². The van der Waals surface area contributed by atoms with Gasteiger partial charge in [0.15, 0.2) is 0 Å². The second-order valence-electron chi connectivity index (χ2n) is 7.04. The largest absolute Gasteiger partial charge is 0.417 e. The number of piperidine rings is 1. The first-order valence-electron chi connectivity index (χ1n) is 8.74. The van der Waals surface area contributed by atoms with Gasteiger partial charge in [0.2, 0.25) is 5.91 Å². The number of hydrogen-bond acceptors (Lipinski definition) is 4. The molecule has 2 aliphatic heterocycles. The number of carbonyl (C=O) groups is 1. The SMILES string of the molecule is Cl.Cl.O=C(CCNc1ncc(C(F)(F)F)cc1Cl)N1CCC2(CCNC2)CC1. The van der Waals surface area contributed by atoms with E-state index in [2.05, 4.69) is 15.6 Å². The third kappa shape index (κ3) is 6.02. The van der Waals surface area contributed by atoms with Gasteiger partial charge in [-0.25, -0.2) is 4.98 Å². The Labute approximate surface area is 179 Å². The fourth-order valence-corrected chi connectivity index (χ4v) is 3.85. The van der Waals surface area contributed by atoms with Crippen LogP contribution in [0.5, 0.6) is 0 Å². The van der Waals surface area contributed by atoms with Gasteiger partial charge < -0.3 is 15.5 Å². The number of carbonyl (C=O) groups excluding carboxylic acids is 1. The molecule has 0 saturated carbocycles. The molecular weight excluding hydrogens is 440 g/mol. The van der Waals surface area contributed by atoms with Crippen molar-refractivity contribution in [2.75, 3.05) is 38.0 Å². The fourth-order valence-electron chi connectivity index (χ4n) is 3.62. The van der Waals surface area contributed by atoms with Crippen LogP contribution in [0.3, 0.4) is 0 Å². The topological polar surface area (TPSA) is 57.3 Å². The van der Waals surface area contributed by atoms with Gasteiger partial charge in [-0.2, -0.15) is 13.2 Å². The van der Waals surface area contributed by atoms with E-state index in [1.807, 2.05) is 4.90 Å². The van der Waals surface area contributed by atoms with Gasteiger partial charge in [0.1, 0.15) is 5.82 Å². The maximum absolute atomic E-state index is 12.6. The lowest BCUT2D eigenvalue weighted by Crippen LogP contribution is -2.44. The monoisotopic (exact) mass is 462 g/mol. The van der Waals surface area contributed by atoms with Crippen LogP contribution >= 0.6 is 36.4 Å². The van der Waals surface area contributed by atoms with Crippen LogP contribution < -0.4 is 10.6 Å². The average molecular weight is 464 g/mol. The predicted octanol–water partition coefficient (Wildman–Crippen LogP) is 4.00. The molecule has 3 heterocycles. The van der Waals surface area contributed by atoms with Crippen LogP contribution in [0.2, 0.25) is 5.02 Å². The summed E-state index contributed by atoms with van der Waals surface area (Å²) in [6.07, 6.45) is -0.281. The van der Waals surface area contributed by atoms with Gasteiger partial charge in [-0.05, 0) is 37.3 Å². The van der Waals surface area contributed by atoms with Crippen molar-refractivity contribution in [3.05, 3.63) is 22.8 Å². The van der Waals surface area contributed by atoms with Crippen molar-refractivity contribution in [1.82, 2.24) is 15.2 Å². The molecule has 2 fully saturated rings. The zero-order valence-corrected chi connectivity index (χ0v) is 17.5. The van der Waals surface area contributed by atoms with E-state index >= 15 is 0 Å². The van der Waals surface area contributed by atoms with Crippen molar-refractivity contribution >= 4 is 48.1 Å². The van der Waals surface area contributed by atoms with Crippen LogP contribution in [-0.4, -0.2) is 48.5 Å². The summed E-state index contributed by atoms with van der Waals surface area (Å²) in [4.78, 5) is 17.9. The Morgan fingerprint density at radius 1 is 1.29 bits per heavy atom. The smallest absolute Gasteiger partial charge is 0.368 e. The van der Waals surface area contributed by atoms with Crippen LogP contribution in [0.15, 0.2) is 12.3 Å². The standard InChI is InChI=1S/C17H22ClF3N4O.2ClH/c18-13-9-12(17(19,20)21)10-24-15(13)23-5-1-14(26)25-7-3-16(4-8-25)2-6-22-11-16;;/h9-10,22H,1-8,11H2,(H,23,24);2*1H. The Hall–Kier alpha value is -0.960. The molecule has 2 N–H and O–H groups in total. The lowest BCUT2D eigenvalue weighted by Gasteiger charge is -2.39. The first kappa shape index (κ1) is 25.1. The zero-order chi connectivity index (χ0) is 18.8. The number of likely N-dealkylation sites (tertiary alicyclic amines) is 1. The summed E-state index contributed by atoms with van der Waals surface area (Å²) in [5, 5.41) is 6.13. The zero-order valence-electron chi connectivity index (χ0n) is 15.1. The highest BCUT2D eigenvalue weighted by Crippen LogP contribution is 2.37. The van der Waals surface area contributed by atoms with Crippen molar-refractivity contribution < 1.29 is 18.0 Å². The number of aromatic nitrogens is 1. The van der Waals surface area contributed by atoms with E-state index in [1.165, 1.54) is 6.42 Å². The van der Waals surface area contributed by atoms with E-state index in [0.29, 0.717) is 5.41 Å². The van der Waals surface area contributed by atoms with Gasteiger partial charge in [0.25, 0.3) is 0 Å². The van der Waals surface area contributed by atoms with Gasteiger partial charge in [0.05, 0.1) is 10.6 Å². The summed E-state index contributed by atoms with van der Waals surface area (Å²) in [6, 6.07) is 0.832. The van der Waals surface area contributed by atoms with Crippen molar-refractivity contribution in [2.24, 2.45) is 5.41 Å². The summed E-state index contributed by atoms with van der Waals surface area (Å²) >= 11 is 5.84. The van der Waals surface area contributed by atoms with Crippen LogP contribution in [0, 0.1) is 5.41 Å². The minimum absolute atomic E-state index is 0. The molecular formula is C17H24Cl3F3N4O. The lowest BCUT2D eigenvalue weighted by atomic mass is 9.78. The lowest BCUT2D eigenvalue weighted by molar-refractivity contribution is -0.137. The van der Waals surface area contributed by atoms with Crippen molar-refractivity contribution in [2.45, 2.75) is 31.9 Å². The normalized spacial score (nSPS) is 18.4. The highest BCUT2D eigenvalue weighted by molar-refractivity contribution is 6.32. The number of nitrogens with one attached hydrogen (secondary N) is 2. The second kappa shape index (κ2) is 10.2. The molecule has 3 rings (SSSR count). The molecule has 0 aliphatic carbocycles. The minimum Gasteiger partial charge on any atom is -0.368 e. The number of nitrogens with zero attached hydrogens (tertiary/aromatic N) is 2. The first-order chi connectivity index (χ1) is 12.3. The molecule has 2 aliphatic rings. The third-order valence-corrected chi connectivity index (χ3v) is 5.60. The molecule has 0 radical (unpaired) electrons. The van der Waals surface area contributed by atoms with E-state index in [-0.39, 0.29) is 54.5 Å². The van der Waals surface area contributed by atoms with Gasteiger partial charge >= 0.3 is 6.18 Å². The average Bonchev–Trinajstić information content (AvgIpc) is 3.04. The quantitative estimate of drug-likeness (QED) is 0.709. The third-order valence-electron chi connectivity index (χ3n) is 5.31. The molecule has 5 nitrogen and oxygen atoms in total. The van der Waals surface area contributed by atoms with Gasteiger partial charge in [-0.3, -0.25) is 4.79 Å². The second-order valence-corrected chi connectivity index (χ2v) is 7.44. The van der Waals surface area contributed by atoms with Crippen LogP contribution in [0.4, 0.5) is 19.0 Å². The Morgan fingerprint density at radius 3 is 2.50 bits per heavy atom. The number of halogens is 6. The van der Waals surface area contributed by atoms with E-state index < -0.39 is 11.7 Å². The van der Waals surface area contributed by atoms with E-state index in [4.69, 9.17) is 11.6 Å². The molecule has 1 aromatic heterocycles. The Kier molecular flexibility index (Phi) is 9.12. The fraction of sp³-hybridized carbons (Fsp3) is 0.647. The molecule has 1 spiro atoms. The van der Waals surface area contributed by atoms with E-state index in [1.54, 1.807) is 0 Å². The summed E-state index contributed by atoms with van der Waals surface area (Å²) in [6.45, 7) is 3.90. The molecule has 28 heavy (non-hydrogen) atoms. The maximum Gasteiger partial charge on any atom is 0.417 e. The number of alkyl halides is 3. The number of pyridine rings is 1. The van der Waals surface area contributed by atoms with Crippen LogP contribution in [0.25, 0.3) is 0 Å². The van der Waals surface area contributed by atoms with Crippen molar-refractivity contribution in [3.8, 4) is 0 Å². The predicted molar refractivity (Wildman–Crippen MR) is 108 cm³/mol. The summed E-state index contributed by atoms with van der Waals surface area (Å²) in [5.74, 6) is 0.198. The van der Waals surface area contributed by atoms with Crippen LogP contribution in [0.1, 0.15) is 31.2 Å². The summed E-state index contributed by atoms with van der Waals surface area (Å²) in [7, 11) is 0. The van der Waals surface area contributed by atoms with Gasteiger partial charge in [-0.15, -0.1) is 24.8 Å². The van der Waals surface area contributed by atoms with E-state index in [9.17, 15) is 18.0 Å². The number of anilines is 1. The maximum atomic E-state index is 12.6.